The van der Waals surface area contributed by atoms with E-state index in [0.717, 1.165) is 5.92 Å². The van der Waals surface area contributed by atoms with Gasteiger partial charge in [-0.2, -0.15) is 0 Å². The van der Waals surface area contributed by atoms with Gasteiger partial charge in [-0.05, 0) is 62.6 Å². The molecular formula is C28H24. The fourth-order valence-corrected chi connectivity index (χ4v) is 5.46. The van der Waals surface area contributed by atoms with Crippen molar-refractivity contribution in [2.45, 2.75) is 37.5 Å². The molecule has 1 saturated carbocycles. The van der Waals surface area contributed by atoms with Gasteiger partial charge >= 0.3 is 0 Å². The number of fused-ring (bicyclic) bond motifs is 4. The van der Waals surface area contributed by atoms with Crippen LogP contribution in [0.3, 0.4) is 0 Å². The van der Waals surface area contributed by atoms with Gasteiger partial charge in [0, 0.05) is 5.92 Å². The molecule has 4 aromatic rings. The highest BCUT2D eigenvalue weighted by atomic mass is 14.3. The lowest BCUT2D eigenvalue weighted by Gasteiger charge is -2.20. The van der Waals surface area contributed by atoms with Crippen LogP contribution in [0.4, 0.5) is 0 Å². The zero-order chi connectivity index (χ0) is 18.5. The first-order valence-electron chi connectivity index (χ1n) is 10.6. The van der Waals surface area contributed by atoms with Crippen LogP contribution in [0, 0.1) is 0 Å². The maximum absolute atomic E-state index is 2.54. The summed E-state index contributed by atoms with van der Waals surface area (Å²) in [6, 6.07) is 27.4. The molecule has 136 valence electrons. The number of hydrogen-bond acceptors (Lipinski definition) is 0. The largest absolute Gasteiger partial charge is 0.0720 e. The van der Waals surface area contributed by atoms with Crippen molar-refractivity contribution in [3.63, 3.8) is 0 Å². The molecule has 0 N–H and O–H groups in total. The van der Waals surface area contributed by atoms with E-state index in [-0.39, 0.29) is 0 Å². The maximum atomic E-state index is 2.54. The highest BCUT2D eigenvalue weighted by molar-refractivity contribution is 6.10. The van der Waals surface area contributed by atoms with Gasteiger partial charge in [0.05, 0.1) is 0 Å². The lowest BCUT2D eigenvalue weighted by Crippen LogP contribution is -2.01. The minimum absolute atomic E-state index is 0.353. The van der Waals surface area contributed by atoms with Crippen molar-refractivity contribution in [2.75, 3.05) is 0 Å². The number of rotatable bonds is 2. The molecule has 1 fully saturated rings. The van der Waals surface area contributed by atoms with E-state index in [1.54, 1.807) is 5.56 Å². The van der Waals surface area contributed by atoms with Gasteiger partial charge in [0.15, 0.2) is 0 Å². The third-order valence-electron chi connectivity index (χ3n) is 6.86. The molecular weight excluding hydrogens is 336 g/mol. The molecule has 0 saturated heterocycles. The van der Waals surface area contributed by atoms with Gasteiger partial charge in [-0.15, -0.1) is 0 Å². The smallest absolute Gasteiger partial charge is 0.0285 e. The fourth-order valence-electron chi connectivity index (χ4n) is 5.46. The zero-order valence-electron chi connectivity index (χ0n) is 16.1. The summed E-state index contributed by atoms with van der Waals surface area (Å²) in [5.74, 6) is 1.08. The van der Waals surface area contributed by atoms with Crippen molar-refractivity contribution >= 4 is 27.6 Å². The molecule has 0 nitrogen and oxygen atoms in total. The highest BCUT2D eigenvalue weighted by Gasteiger charge is 2.24. The van der Waals surface area contributed by atoms with E-state index in [1.807, 2.05) is 0 Å². The third kappa shape index (κ3) is 2.44. The molecule has 4 aromatic carbocycles. The molecule has 2 aliphatic carbocycles. The van der Waals surface area contributed by atoms with Crippen molar-refractivity contribution in [3.8, 4) is 0 Å². The Morgan fingerprint density at radius 3 is 2.39 bits per heavy atom. The zero-order valence-corrected chi connectivity index (χ0v) is 16.1. The van der Waals surface area contributed by atoms with Crippen LogP contribution in [0.2, 0.25) is 0 Å². The van der Waals surface area contributed by atoms with Gasteiger partial charge in [-0.3, -0.25) is 0 Å². The van der Waals surface area contributed by atoms with Gasteiger partial charge in [-0.1, -0.05) is 97.8 Å². The van der Waals surface area contributed by atoms with Crippen LogP contribution >= 0.6 is 0 Å². The second-order valence-corrected chi connectivity index (χ2v) is 8.44. The van der Waals surface area contributed by atoms with E-state index in [0.29, 0.717) is 5.92 Å². The van der Waals surface area contributed by atoms with Crippen molar-refractivity contribution in [1.82, 2.24) is 0 Å². The molecule has 2 aliphatic rings. The molecule has 1 atom stereocenters. The average molecular weight is 361 g/mol. The van der Waals surface area contributed by atoms with Gasteiger partial charge in [0.2, 0.25) is 0 Å². The molecule has 28 heavy (non-hydrogen) atoms. The summed E-state index contributed by atoms with van der Waals surface area (Å²) < 4.78 is 0. The molecule has 0 aromatic heterocycles. The maximum Gasteiger partial charge on any atom is 0.0285 e. The fraction of sp³-hybridized carbons (Fsp3) is 0.214. The summed E-state index contributed by atoms with van der Waals surface area (Å²) in [5, 5.41) is 5.55. The average Bonchev–Trinajstić information content (AvgIpc) is 3.43. The summed E-state index contributed by atoms with van der Waals surface area (Å²) in [4.78, 5) is 0. The molecule has 6 rings (SSSR count). The van der Waals surface area contributed by atoms with E-state index in [1.165, 1.54) is 63.9 Å². The predicted molar refractivity (Wildman–Crippen MR) is 120 cm³/mol. The first-order chi connectivity index (χ1) is 13.9. The van der Waals surface area contributed by atoms with E-state index >= 15 is 0 Å². The minimum atomic E-state index is 0.353. The summed E-state index contributed by atoms with van der Waals surface area (Å²) >= 11 is 0. The van der Waals surface area contributed by atoms with Crippen LogP contribution < -0.4 is 0 Å². The van der Waals surface area contributed by atoms with Gasteiger partial charge in [0.25, 0.3) is 0 Å². The summed E-state index contributed by atoms with van der Waals surface area (Å²) in [5.41, 5.74) is 5.85. The molecule has 0 heterocycles. The summed E-state index contributed by atoms with van der Waals surface area (Å²) in [6.07, 6.45) is 10.1. The standard InChI is InChI=1S/C28H24/c1-2-8-19(7-1)23-17-22-14-13-21-10-4-6-12-25(21)28(22)27(18-23)26-16-15-20-9-3-5-11-24(20)26/h3-6,9-19,26H,1-2,7-8H2. The van der Waals surface area contributed by atoms with E-state index in [2.05, 4.69) is 84.9 Å². The first-order valence-corrected chi connectivity index (χ1v) is 10.6. The molecule has 0 aliphatic heterocycles. The van der Waals surface area contributed by atoms with Crippen LogP contribution in [0.5, 0.6) is 0 Å². The Labute approximate surface area is 166 Å². The Balaban J connectivity index is 1.67. The SMILES string of the molecule is C1=CC(c2cc(C3CCCC3)cc3ccc4ccccc4c23)c2ccccc21. The lowest BCUT2D eigenvalue weighted by molar-refractivity contribution is 0.723. The molecule has 0 amide bonds. The Morgan fingerprint density at radius 2 is 1.46 bits per heavy atom. The third-order valence-corrected chi connectivity index (χ3v) is 6.86. The number of hydrogen-bond donors (Lipinski definition) is 0. The highest BCUT2D eigenvalue weighted by Crippen LogP contribution is 2.44. The second-order valence-electron chi connectivity index (χ2n) is 8.44. The van der Waals surface area contributed by atoms with Crippen molar-refractivity contribution in [1.29, 1.82) is 0 Å². The molecule has 0 bridgehead atoms. The number of allylic oxidation sites excluding steroid dienone is 1. The lowest BCUT2D eigenvalue weighted by atomic mass is 9.83. The van der Waals surface area contributed by atoms with Gasteiger partial charge < -0.3 is 0 Å². The quantitative estimate of drug-likeness (QED) is 0.320. The van der Waals surface area contributed by atoms with E-state index < -0.39 is 0 Å². The van der Waals surface area contributed by atoms with Gasteiger partial charge in [0.1, 0.15) is 0 Å². The van der Waals surface area contributed by atoms with Crippen LogP contribution in [-0.2, 0) is 0 Å². The second kappa shape index (κ2) is 6.34. The molecule has 1 unspecified atom stereocenters. The topological polar surface area (TPSA) is 0 Å². The molecule has 0 radical (unpaired) electrons. The molecule has 0 spiro atoms. The van der Waals surface area contributed by atoms with E-state index in [9.17, 15) is 0 Å². The minimum Gasteiger partial charge on any atom is -0.0720 e. The van der Waals surface area contributed by atoms with Crippen molar-refractivity contribution in [3.05, 3.63) is 101 Å². The van der Waals surface area contributed by atoms with Crippen molar-refractivity contribution < 1.29 is 0 Å². The summed E-state index contributed by atoms with van der Waals surface area (Å²) in [7, 11) is 0. The van der Waals surface area contributed by atoms with E-state index in [4.69, 9.17) is 0 Å². The Kier molecular flexibility index (Phi) is 3.65. The normalized spacial score (nSPS) is 18.9. The Hall–Kier alpha value is -2.86. The van der Waals surface area contributed by atoms with Crippen LogP contribution in [0.1, 0.15) is 59.8 Å². The monoisotopic (exact) mass is 360 g/mol. The van der Waals surface area contributed by atoms with Crippen LogP contribution in [-0.4, -0.2) is 0 Å². The first kappa shape index (κ1) is 16.1. The number of benzene rings is 4. The Morgan fingerprint density at radius 1 is 0.679 bits per heavy atom. The van der Waals surface area contributed by atoms with Gasteiger partial charge in [-0.25, -0.2) is 0 Å². The predicted octanol–water partition coefficient (Wildman–Crippen LogP) is 7.81. The Bertz CT molecular complexity index is 1220. The van der Waals surface area contributed by atoms with Crippen molar-refractivity contribution in [2.24, 2.45) is 0 Å². The van der Waals surface area contributed by atoms with Crippen LogP contribution in [0.15, 0.2) is 78.9 Å². The van der Waals surface area contributed by atoms with Crippen LogP contribution in [0.25, 0.3) is 27.6 Å². The molecule has 0 heteroatoms. The summed E-state index contributed by atoms with van der Waals surface area (Å²) in [6.45, 7) is 0.